The summed E-state index contributed by atoms with van der Waals surface area (Å²) in [5.74, 6) is -1.26. The van der Waals surface area contributed by atoms with Crippen molar-refractivity contribution in [3.05, 3.63) is 65.0 Å². The molecule has 0 radical (unpaired) electrons. The minimum Gasteiger partial charge on any atom is -0.324 e. The number of hydrogen-bond donors (Lipinski definition) is 2. The molecule has 1 heterocycles. The average Bonchev–Trinajstić information content (AvgIpc) is 2.87. The summed E-state index contributed by atoms with van der Waals surface area (Å²) in [4.78, 5) is 38.9. The van der Waals surface area contributed by atoms with Gasteiger partial charge in [-0.2, -0.15) is 0 Å². The van der Waals surface area contributed by atoms with E-state index in [2.05, 4.69) is 10.6 Å². The van der Waals surface area contributed by atoms with Crippen molar-refractivity contribution in [3.8, 4) is 0 Å². The van der Waals surface area contributed by atoms with Crippen molar-refractivity contribution in [1.82, 2.24) is 10.2 Å². The number of nitrogens with one attached hydrogen (secondary N) is 2. The molecule has 0 aromatic heterocycles. The summed E-state index contributed by atoms with van der Waals surface area (Å²) in [5.41, 5.74) is 1.67. The first-order valence-electron chi connectivity index (χ1n) is 9.43. The molecule has 2 aromatic rings. The van der Waals surface area contributed by atoms with E-state index in [0.717, 1.165) is 16.0 Å². The number of carbonyl (C=O) groups is 3. The third-order valence-corrected chi connectivity index (χ3v) is 5.19. The van der Waals surface area contributed by atoms with Gasteiger partial charge in [-0.15, -0.1) is 0 Å². The van der Waals surface area contributed by atoms with Gasteiger partial charge in [0.05, 0.1) is 0 Å². The summed E-state index contributed by atoms with van der Waals surface area (Å²) in [7, 11) is 0. The topological polar surface area (TPSA) is 78.5 Å². The quantitative estimate of drug-likeness (QED) is 0.756. The molecule has 2 N–H and O–H groups in total. The molecular formula is C22H24FN3O3. The van der Waals surface area contributed by atoms with Crippen molar-refractivity contribution in [2.24, 2.45) is 0 Å². The molecule has 1 unspecified atom stereocenters. The Hall–Kier alpha value is -3.22. The number of urea groups is 1. The maximum Gasteiger partial charge on any atom is 0.325 e. The third kappa shape index (κ3) is 3.85. The first-order chi connectivity index (χ1) is 13.6. The van der Waals surface area contributed by atoms with E-state index in [0.29, 0.717) is 11.3 Å². The van der Waals surface area contributed by atoms with Crippen LogP contribution in [0.1, 0.15) is 43.4 Å². The average molecular weight is 397 g/mol. The van der Waals surface area contributed by atoms with Gasteiger partial charge in [0.2, 0.25) is 5.91 Å². The zero-order valence-corrected chi connectivity index (χ0v) is 16.9. The van der Waals surface area contributed by atoms with E-state index >= 15 is 0 Å². The van der Waals surface area contributed by atoms with E-state index in [1.165, 1.54) is 31.2 Å². The second kappa shape index (κ2) is 7.66. The van der Waals surface area contributed by atoms with Gasteiger partial charge in [0.25, 0.3) is 5.91 Å². The monoisotopic (exact) mass is 397 g/mol. The lowest BCUT2D eigenvalue weighted by Crippen LogP contribution is -2.42. The Morgan fingerprint density at radius 2 is 1.83 bits per heavy atom. The maximum absolute atomic E-state index is 13.2. The lowest BCUT2D eigenvalue weighted by atomic mass is 9.92. The number of para-hydroxylation sites is 1. The molecular weight excluding hydrogens is 373 g/mol. The van der Waals surface area contributed by atoms with Crippen molar-refractivity contribution >= 4 is 23.5 Å². The van der Waals surface area contributed by atoms with Crippen LogP contribution in [0.4, 0.5) is 14.9 Å². The van der Waals surface area contributed by atoms with Gasteiger partial charge in [0.1, 0.15) is 17.9 Å². The molecule has 4 amide bonds. The zero-order chi connectivity index (χ0) is 21.3. The fourth-order valence-electron chi connectivity index (χ4n) is 3.48. The van der Waals surface area contributed by atoms with Crippen LogP contribution in [-0.2, 0) is 15.1 Å². The summed E-state index contributed by atoms with van der Waals surface area (Å²) in [5, 5.41) is 5.45. The van der Waals surface area contributed by atoms with E-state index in [9.17, 15) is 18.8 Å². The highest BCUT2D eigenvalue weighted by atomic mass is 19.1. The van der Waals surface area contributed by atoms with Gasteiger partial charge in [0.15, 0.2) is 0 Å². The highest BCUT2D eigenvalue weighted by Crippen LogP contribution is 2.30. The van der Waals surface area contributed by atoms with Crippen LogP contribution in [0.3, 0.4) is 0 Å². The smallest absolute Gasteiger partial charge is 0.324 e. The molecule has 0 saturated carbocycles. The first kappa shape index (κ1) is 20.5. The van der Waals surface area contributed by atoms with Crippen LogP contribution in [0.2, 0.25) is 0 Å². The fourth-order valence-corrected chi connectivity index (χ4v) is 3.48. The molecule has 2 aromatic carbocycles. The Bertz CT molecular complexity index is 972. The van der Waals surface area contributed by atoms with Crippen LogP contribution in [0.25, 0.3) is 0 Å². The zero-order valence-electron chi connectivity index (χ0n) is 16.9. The van der Waals surface area contributed by atoms with Crippen LogP contribution in [0.5, 0.6) is 0 Å². The Balaban J connectivity index is 1.79. The molecule has 1 aliphatic rings. The van der Waals surface area contributed by atoms with E-state index < -0.39 is 35.7 Å². The highest BCUT2D eigenvalue weighted by Gasteiger charge is 2.49. The van der Waals surface area contributed by atoms with Crippen LogP contribution >= 0.6 is 0 Å². The van der Waals surface area contributed by atoms with Gasteiger partial charge in [0, 0.05) is 5.69 Å². The molecule has 7 heteroatoms. The Morgan fingerprint density at radius 3 is 2.45 bits per heavy atom. The van der Waals surface area contributed by atoms with Crippen molar-refractivity contribution in [1.29, 1.82) is 0 Å². The number of benzene rings is 2. The molecule has 0 aliphatic carbocycles. The third-order valence-electron chi connectivity index (χ3n) is 5.19. The lowest BCUT2D eigenvalue weighted by molar-refractivity contribution is -0.133. The number of hydrogen-bond acceptors (Lipinski definition) is 3. The fraction of sp³-hybridized carbons (Fsp3) is 0.318. The highest BCUT2D eigenvalue weighted by molar-refractivity contribution is 6.10. The number of aryl methyl sites for hydroxylation is 1. The van der Waals surface area contributed by atoms with Crippen LogP contribution in [0, 0.1) is 12.7 Å². The molecule has 29 heavy (non-hydrogen) atoms. The van der Waals surface area contributed by atoms with Gasteiger partial charge >= 0.3 is 6.03 Å². The van der Waals surface area contributed by atoms with Gasteiger partial charge in [-0.1, -0.05) is 44.2 Å². The number of nitrogens with zero attached hydrogens (tertiary/aromatic N) is 1. The predicted octanol–water partition coefficient (Wildman–Crippen LogP) is 3.66. The molecule has 6 nitrogen and oxygen atoms in total. The SMILES string of the molecule is Cc1cccc(C(C)C)c1NC(=O)CN1C(=O)NC(C)(c2ccc(F)cc2)C1=O. The minimum absolute atomic E-state index is 0.198. The summed E-state index contributed by atoms with van der Waals surface area (Å²) in [6.45, 7) is 7.07. The summed E-state index contributed by atoms with van der Waals surface area (Å²) in [6, 6.07) is 10.4. The minimum atomic E-state index is -1.35. The van der Waals surface area contributed by atoms with Gasteiger partial charge < -0.3 is 10.6 Å². The summed E-state index contributed by atoms with van der Waals surface area (Å²) >= 11 is 0. The second-order valence-electron chi connectivity index (χ2n) is 7.70. The van der Waals surface area contributed by atoms with Gasteiger partial charge in [-0.25, -0.2) is 9.18 Å². The van der Waals surface area contributed by atoms with Crippen LogP contribution in [0.15, 0.2) is 42.5 Å². The van der Waals surface area contributed by atoms with Gasteiger partial charge in [-0.05, 0) is 48.6 Å². The molecule has 1 fully saturated rings. The normalized spacial score (nSPS) is 18.9. The van der Waals surface area contributed by atoms with E-state index in [1.54, 1.807) is 0 Å². The van der Waals surface area contributed by atoms with Crippen LogP contribution in [-0.4, -0.2) is 29.3 Å². The number of carbonyl (C=O) groups excluding carboxylic acids is 3. The molecule has 1 aliphatic heterocycles. The molecule has 1 saturated heterocycles. The van der Waals surface area contributed by atoms with Crippen LogP contribution < -0.4 is 10.6 Å². The predicted molar refractivity (Wildman–Crippen MR) is 108 cm³/mol. The molecule has 1 atom stereocenters. The summed E-state index contributed by atoms with van der Waals surface area (Å²) < 4.78 is 13.2. The number of imide groups is 1. The van der Waals surface area contributed by atoms with E-state index in [-0.39, 0.29) is 5.92 Å². The maximum atomic E-state index is 13.2. The van der Waals surface area contributed by atoms with E-state index in [4.69, 9.17) is 0 Å². The summed E-state index contributed by atoms with van der Waals surface area (Å²) in [6.07, 6.45) is 0. The first-order valence-corrected chi connectivity index (χ1v) is 9.43. The Kier molecular flexibility index (Phi) is 5.42. The standard InChI is InChI=1S/C22H24FN3O3/c1-13(2)17-7-5-6-14(3)19(17)24-18(27)12-26-20(28)22(4,25-21(26)29)15-8-10-16(23)11-9-15/h5-11,13H,12H2,1-4H3,(H,24,27)(H,25,29). The number of rotatable bonds is 5. The number of amides is 4. The van der Waals surface area contributed by atoms with E-state index in [1.807, 2.05) is 39.0 Å². The Morgan fingerprint density at radius 1 is 1.17 bits per heavy atom. The molecule has 3 rings (SSSR count). The molecule has 152 valence electrons. The van der Waals surface area contributed by atoms with Crippen molar-refractivity contribution in [2.75, 3.05) is 11.9 Å². The number of anilines is 1. The van der Waals surface area contributed by atoms with Crippen molar-refractivity contribution in [3.63, 3.8) is 0 Å². The number of halogens is 1. The van der Waals surface area contributed by atoms with Crippen molar-refractivity contribution < 1.29 is 18.8 Å². The largest absolute Gasteiger partial charge is 0.325 e. The lowest BCUT2D eigenvalue weighted by Gasteiger charge is -2.22. The van der Waals surface area contributed by atoms with Gasteiger partial charge in [-0.3, -0.25) is 14.5 Å². The second-order valence-corrected chi connectivity index (χ2v) is 7.70. The molecule has 0 bridgehead atoms. The van der Waals surface area contributed by atoms with Crippen molar-refractivity contribution in [2.45, 2.75) is 39.2 Å². The molecule has 0 spiro atoms. The Labute approximate surface area is 169 Å².